The Bertz CT molecular complexity index is 786. The number of hydrogen-bond donors (Lipinski definition) is 0. The predicted molar refractivity (Wildman–Crippen MR) is 113 cm³/mol. The molecular weight excluding hydrogens is 348 g/mol. The summed E-state index contributed by atoms with van der Waals surface area (Å²) in [5.74, 6) is 0.0942. The molecule has 1 fully saturated rings. The van der Waals surface area contributed by atoms with Crippen LogP contribution < -0.4 is 0 Å². The van der Waals surface area contributed by atoms with Crippen LogP contribution in [0.3, 0.4) is 0 Å². The molecule has 28 heavy (non-hydrogen) atoms. The van der Waals surface area contributed by atoms with Gasteiger partial charge >= 0.3 is 0 Å². The van der Waals surface area contributed by atoms with Crippen LogP contribution in [0.4, 0.5) is 0 Å². The van der Waals surface area contributed by atoms with Crippen molar-refractivity contribution < 1.29 is 9.59 Å². The Morgan fingerprint density at radius 3 is 2.36 bits per heavy atom. The van der Waals surface area contributed by atoms with Crippen LogP contribution in [-0.2, 0) is 6.54 Å². The normalized spacial score (nSPS) is 17.3. The van der Waals surface area contributed by atoms with Gasteiger partial charge in [0.1, 0.15) is 0 Å². The maximum absolute atomic E-state index is 13.2. The van der Waals surface area contributed by atoms with Crippen LogP contribution in [0, 0.1) is 0 Å². The Hall–Kier alpha value is -2.46. The fourth-order valence-corrected chi connectivity index (χ4v) is 3.97. The first-order chi connectivity index (χ1) is 13.6. The number of nitrogens with zero attached hydrogens (tertiary/aromatic N) is 2. The zero-order valence-electron chi connectivity index (χ0n) is 16.9. The van der Waals surface area contributed by atoms with Crippen molar-refractivity contribution in [3.8, 4) is 0 Å². The first-order valence-electron chi connectivity index (χ1n) is 10.3. The number of rotatable bonds is 7. The van der Waals surface area contributed by atoms with E-state index < -0.39 is 0 Å². The van der Waals surface area contributed by atoms with Gasteiger partial charge in [-0.05, 0) is 50.4 Å². The van der Waals surface area contributed by atoms with Gasteiger partial charge in [-0.3, -0.25) is 14.5 Å². The van der Waals surface area contributed by atoms with Crippen LogP contribution >= 0.6 is 0 Å². The Labute approximate surface area is 168 Å². The lowest BCUT2D eigenvalue weighted by atomic mass is 10.0. The number of hydrogen-bond acceptors (Lipinski definition) is 3. The summed E-state index contributed by atoms with van der Waals surface area (Å²) in [7, 11) is 0. The lowest BCUT2D eigenvalue weighted by Crippen LogP contribution is -2.50. The molecule has 2 aromatic carbocycles. The van der Waals surface area contributed by atoms with Crippen molar-refractivity contribution in [2.24, 2.45) is 0 Å². The van der Waals surface area contributed by atoms with Crippen molar-refractivity contribution in [3.05, 3.63) is 71.3 Å². The lowest BCUT2D eigenvalue weighted by molar-refractivity contribution is 0.0534. The fraction of sp³-hybridized carbons (Fsp3) is 0.417. The second kappa shape index (κ2) is 9.65. The molecule has 1 atom stereocenters. The highest BCUT2D eigenvalue weighted by Crippen LogP contribution is 2.21. The third kappa shape index (κ3) is 5.08. The summed E-state index contributed by atoms with van der Waals surface area (Å²) in [5, 5.41) is 0. The molecule has 148 valence electrons. The maximum atomic E-state index is 13.2. The number of likely N-dealkylation sites (tertiary alicyclic amines) is 1. The van der Waals surface area contributed by atoms with Crippen LogP contribution in [0.5, 0.6) is 0 Å². The van der Waals surface area contributed by atoms with E-state index in [1.807, 2.05) is 11.0 Å². The standard InChI is InChI=1S/C24H30N2O2/c1-3-15-26(24(28)22-13-11-21(12-14-22)19(2)27)23-10-7-16-25(18-23)17-20-8-5-4-6-9-20/h4-6,8-9,11-14,23H,3,7,10,15-18H2,1-2H3. The van der Waals surface area contributed by atoms with E-state index in [0.29, 0.717) is 11.1 Å². The van der Waals surface area contributed by atoms with Crippen LogP contribution in [0.2, 0.25) is 0 Å². The Morgan fingerprint density at radius 1 is 1.04 bits per heavy atom. The summed E-state index contributed by atoms with van der Waals surface area (Å²) in [4.78, 5) is 29.2. The maximum Gasteiger partial charge on any atom is 0.254 e. The highest BCUT2D eigenvalue weighted by Gasteiger charge is 2.28. The number of piperidine rings is 1. The second-order valence-corrected chi connectivity index (χ2v) is 7.65. The Morgan fingerprint density at radius 2 is 1.71 bits per heavy atom. The molecule has 1 aliphatic rings. The van der Waals surface area contributed by atoms with Crippen molar-refractivity contribution in [2.45, 2.75) is 45.7 Å². The Kier molecular flexibility index (Phi) is 6.99. The molecule has 1 heterocycles. The van der Waals surface area contributed by atoms with Crippen molar-refractivity contribution in [1.82, 2.24) is 9.80 Å². The van der Waals surface area contributed by atoms with E-state index in [9.17, 15) is 9.59 Å². The molecular formula is C24H30N2O2. The molecule has 1 aliphatic heterocycles. The van der Waals surface area contributed by atoms with Crippen LogP contribution in [0.15, 0.2) is 54.6 Å². The van der Waals surface area contributed by atoms with Gasteiger partial charge < -0.3 is 4.90 Å². The summed E-state index contributed by atoms with van der Waals surface area (Å²) in [6, 6.07) is 17.8. The quantitative estimate of drug-likeness (QED) is 0.670. The van der Waals surface area contributed by atoms with E-state index in [1.54, 1.807) is 31.2 Å². The lowest BCUT2D eigenvalue weighted by Gasteiger charge is -2.39. The smallest absolute Gasteiger partial charge is 0.254 e. The average Bonchev–Trinajstić information content (AvgIpc) is 2.72. The molecule has 4 heteroatoms. The largest absolute Gasteiger partial charge is 0.334 e. The van der Waals surface area contributed by atoms with Gasteiger partial charge in [-0.2, -0.15) is 0 Å². The predicted octanol–water partition coefficient (Wildman–Crippen LogP) is 4.41. The van der Waals surface area contributed by atoms with E-state index >= 15 is 0 Å². The molecule has 1 unspecified atom stereocenters. The Balaban J connectivity index is 1.71. The summed E-state index contributed by atoms with van der Waals surface area (Å²) >= 11 is 0. The van der Waals surface area contributed by atoms with E-state index in [4.69, 9.17) is 0 Å². The fourth-order valence-electron chi connectivity index (χ4n) is 3.97. The number of carbonyl (C=O) groups excluding carboxylic acids is 2. The number of ketones is 1. The molecule has 1 amide bonds. The highest BCUT2D eigenvalue weighted by atomic mass is 16.2. The second-order valence-electron chi connectivity index (χ2n) is 7.65. The monoisotopic (exact) mass is 378 g/mol. The van der Waals surface area contributed by atoms with Gasteiger partial charge in [0.05, 0.1) is 0 Å². The minimum Gasteiger partial charge on any atom is -0.334 e. The molecule has 0 bridgehead atoms. The molecule has 0 radical (unpaired) electrons. The van der Waals surface area contributed by atoms with Gasteiger partial charge in [0.15, 0.2) is 5.78 Å². The average molecular weight is 379 g/mol. The molecule has 0 spiro atoms. The van der Waals surface area contributed by atoms with Gasteiger partial charge in [-0.1, -0.05) is 49.4 Å². The summed E-state index contributed by atoms with van der Waals surface area (Å²) in [6.07, 6.45) is 3.09. The molecule has 0 aliphatic carbocycles. The van der Waals surface area contributed by atoms with Crippen molar-refractivity contribution in [2.75, 3.05) is 19.6 Å². The van der Waals surface area contributed by atoms with Crippen LogP contribution in [0.25, 0.3) is 0 Å². The minimum atomic E-state index is 0.0215. The van der Waals surface area contributed by atoms with E-state index in [2.05, 4.69) is 36.1 Å². The molecule has 1 saturated heterocycles. The zero-order chi connectivity index (χ0) is 19.9. The van der Waals surface area contributed by atoms with Crippen LogP contribution in [-0.4, -0.2) is 47.2 Å². The van der Waals surface area contributed by atoms with Gasteiger partial charge in [0, 0.05) is 36.8 Å². The SMILES string of the molecule is CCCN(C(=O)c1ccc(C(C)=O)cc1)C1CCCN(Cc2ccccc2)C1. The molecule has 0 saturated carbocycles. The summed E-state index contributed by atoms with van der Waals surface area (Å²) in [5.41, 5.74) is 2.63. The van der Waals surface area contributed by atoms with E-state index in [1.165, 1.54) is 5.56 Å². The van der Waals surface area contributed by atoms with Gasteiger partial charge in [0.2, 0.25) is 0 Å². The van der Waals surface area contributed by atoms with Gasteiger partial charge in [0.25, 0.3) is 5.91 Å². The number of amides is 1. The van der Waals surface area contributed by atoms with Crippen molar-refractivity contribution in [3.63, 3.8) is 0 Å². The third-order valence-electron chi connectivity index (χ3n) is 5.43. The van der Waals surface area contributed by atoms with E-state index in [-0.39, 0.29) is 17.7 Å². The van der Waals surface area contributed by atoms with E-state index in [0.717, 1.165) is 45.4 Å². The topological polar surface area (TPSA) is 40.6 Å². The molecule has 3 rings (SSSR count). The van der Waals surface area contributed by atoms with Gasteiger partial charge in [-0.25, -0.2) is 0 Å². The number of carbonyl (C=O) groups is 2. The zero-order valence-corrected chi connectivity index (χ0v) is 16.9. The summed E-state index contributed by atoms with van der Waals surface area (Å²) in [6.45, 7) is 7.34. The molecule has 2 aromatic rings. The number of Topliss-reactive ketones (excluding diaryl/α,β-unsaturated/α-hetero) is 1. The van der Waals surface area contributed by atoms with Crippen molar-refractivity contribution >= 4 is 11.7 Å². The first kappa shape index (κ1) is 20.3. The highest BCUT2D eigenvalue weighted by molar-refractivity contribution is 5.97. The molecule has 0 aromatic heterocycles. The van der Waals surface area contributed by atoms with Crippen LogP contribution in [0.1, 0.15) is 59.4 Å². The van der Waals surface area contributed by atoms with Crippen molar-refractivity contribution in [1.29, 1.82) is 0 Å². The summed E-state index contributed by atoms with van der Waals surface area (Å²) < 4.78 is 0. The number of benzene rings is 2. The molecule has 4 nitrogen and oxygen atoms in total. The first-order valence-corrected chi connectivity index (χ1v) is 10.3. The molecule has 0 N–H and O–H groups in total. The minimum absolute atomic E-state index is 0.0215. The third-order valence-corrected chi connectivity index (χ3v) is 5.43. The van der Waals surface area contributed by atoms with Gasteiger partial charge in [-0.15, -0.1) is 0 Å².